The number of ether oxygens (including phenoxy) is 1. The van der Waals surface area contributed by atoms with E-state index in [4.69, 9.17) is 4.74 Å². The number of nitro groups is 1. The molecule has 1 aromatic rings. The number of para-hydroxylation sites is 1. The van der Waals surface area contributed by atoms with Crippen LogP contribution in [0.5, 0.6) is 0 Å². The largest absolute Gasteiger partial charge is 0.443 e. The predicted octanol–water partition coefficient (Wildman–Crippen LogP) is 3.07. The van der Waals surface area contributed by atoms with E-state index in [9.17, 15) is 28.4 Å². The quantitative estimate of drug-likeness (QED) is 0.523. The third-order valence-corrected chi connectivity index (χ3v) is 5.27. The number of nitro benzene ring substituents is 1. The Morgan fingerprint density at radius 2 is 1.93 bits per heavy atom. The number of aliphatic hydroxyl groups is 1. The van der Waals surface area contributed by atoms with E-state index >= 15 is 0 Å². The van der Waals surface area contributed by atoms with Crippen molar-refractivity contribution in [3.8, 4) is 0 Å². The molecule has 0 unspecified atom stereocenters. The zero-order chi connectivity index (χ0) is 20.8. The molecule has 0 heterocycles. The Kier molecular flexibility index (Phi) is 7.73. The highest BCUT2D eigenvalue weighted by molar-refractivity contribution is 7.89. The molecule has 1 aromatic carbocycles. The van der Waals surface area contributed by atoms with Crippen molar-refractivity contribution in [3.05, 3.63) is 34.4 Å². The van der Waals surface area contributed by atoms with E-state index in [0.29, 0.717) is 10.7 Å². The fourth-order valence-electron chi connectivity index (χ4n) is 2.25. The molecule has 0 radical (unpaired) electrons. The summed E-state index contributed by atoms with van der Waals surface area (Å²) in [6.45, 7) is 6.04. The molecular weight excluding hydrogens is 376 g/mol. The van der Waals surface area contributed by atoms with Gasteiger partial charge < -0.3 is 9.84 Å². The van der Waals surface area contributed by atoms with Gasteiger partial charge in [-0.05, 0) is 33.3 Å². The minimum absolute atomic E-state index is 0.280. The standard InChI is InChI=1S/C17H26N2O7S/c1-5-6-9-13(20)12-18(16(21)26-17(2,3)4)27(24,25)15-11-8-7-10-14(15)19(22)23/h7-8,10-11,13,20H,5-6,9,12H2,1-4H3/t13-/m0/s1. The van der Waals surface area contributed by atoms with Gasteiger partial charge in [-0.25, -0.2) is 13.2 Å². The molecule has 0 bridgehead atoms. The van der Waals surface area contributed by atoms with Crippen molar-refractivity contribution in [2.75, 3.05) is 6.54 Å². The Hall–Kier alpha value is -2.20. The number of unbranched alkanes of at least 4 members (excludes halogenated alkanes) is 1. The van der Waals surface area contributed by atoms with Crippen molar-refractivity contribution in [1.29, 1.82) is 0 Å². The van der Waals surface area contributed by atoms with E-state index < -0.39 is 49.9 Å². The molecule has 152 valence electrons. The zero-order valence-corrected chi connectivity index (χ0v) is 16.7. The zero-order valence-electron chi connectivity index (χ0n) is 15.9. The average Bonchev–Trinajstić information content (AvgIpc) is 2.55. The number of benzene rings is 1. The number of carbonyl (C=O) groups is 1. The second kappa shape index (κ2) is 9.14. The fourth-order valence-corrected chi connectivity index (χ4v) is 3.75. The summed E-state index contributed by atoms with van der Waals surface area (Å²) in [4.78, 5) is 22.2. The maximum atomic E-state index is 13.0. The van der Waals surface area contributed by atoms with Crippen LogP contribution in [0.1, 0.15) is 47.0 Å². The van der Waals surface area contributed by atoms with Gasteiger partial charge in [0.05, 0.1) is 17.6 Å². The first-order valence-electron chi connectivity index (χ1n) is 8.57. The van der Waals surface area contributed by atoms with Crippen LogP contribution in [0.25, 0.3) is 0 Å². The van der Waals surface area contributed by atoms with Crippen LogP contribution in [0, 0.1) is 10.1 Å². The van der Waals surface area contributed by atoms with Crippen LogP contribution in [-0.4, -0.2) is 47.1 Å². The first-order chi connectivity index (χ1) is 12.4. The fraction of sp³-hybridized carbons (Fsp3) is 0.588. The molecule has 0 saturated carbocycles. The van der Waals surface area contributed by atoms with E-state index in [1.165, 1.54) is 12.1 Å². The minimum atomic E-state index is -4.61. The molecule has 0 aliphatic carbocycles. The lowest BCUT2D eigenvalue weighted by atomic mass is 10.1. The van der Waals surface area contributed by atoms with Gasteiger partial charge in [-0.15, -0.1) is 0 Å². The van der Waals surface area contributed by atoms with Gasteiger partial charge in [0, 0.05) is 6.07 Å². The van der Waals surface area contributed by atoms with E-state index in [2.05, 4.69) is 0 Å². The van der Waals surface area contributed by atoms with E-state index in [1.807, 2.05) is 6.92 Å². The molecule has 0 aliphatic heterocycles. The molecule has 9 nitrogen and oxygen atoms in total. The van der Waals surface area contributed by atoms with Crippen LogP contribution in [0.15, 0.2) is 29.2 Å². The molecule has 1 rings (SSSR count). The second-order valence-electron chi connectivity index (χ2n) is 7.04. The molecule has 10 heteroatoms. The number of nitrogens with zero attached hydrogens (tertiary/aromatic N) is 2. The molecule has 27 heavy (non-hydrogen) atoms. The van der Waals surface area contributed by atoms with Gasteiger partial charge in [0.1, 0.15) is 5.60 Å². The van der Waals surface area contributed by atoms with Crippen molar-refractivity contribution < 1.29 is 28.0 Å². The number of sulfonamides is 1. The van der Waals surface area contributed by atoms with Crippen LogP contribution in [0.2, 0.25) is 0 Å². The Balaban J connectivity index is 3.35. The smallest absolute Gasteiger partial charge is 0.424 e. The normalized spacial score (nSPS) is 13.1. The molecule has 0 aromatic heterocycles. The number of aliphatic hydroxyl groups excluding tert-OH is 1. The molecule has 0 spiro atoms. The molecule has 1 amide bonds. The third kappa shape index (κ3) is 6.47. The summed E-state index contributed by atoms with van der Waals surface area (Å²) in [5.74, 6) is 0. The molecule has 0 saturated heterocycles. The highest BCUT2D eigenvalue weighted by Crippen LogP contribution is 2.28. The summed E-state index contributed by atoms with van der Waals surface area (Å²) >= 11 is 0. The monoisotopic (exact) mass is 402 g/mol. The van der Waals surface area contributed by atoms with Gasteiger partial charge in [0.2, 0.25) is 0 Å². The molecule has 0 fully saturated rings. The van der Waals surface area contributed by atoms with Gasteiger partial charge >= 0.3 is 6.09 Å². The number of hydrogen-bond acceptors (Lipinski definition) is 7. The minimum Gasteiger partial charge on any atom is -0.443 e. The third-order valence-electron chi connectivity index (χ3n) is 3.49. The Morgan fingerprint density at radius 1 is 1.33 bits per heavy atom. The van der Waals surface area contributed by atoms with Crippen molar-refractivity contribution in [2.45, 2.75) is 63.6 Å². The maximum Gasteiger partial charge on any atom is 0.424 e. The number of rotatable bonds is 8. The van der Waals surface area contributed by atoms with Gasteiger partial charge in [-0.1, -0.05) is 31.9 Å². The first-order valence-corrected chi connectivity index (χ1v) is 10.0. The highest BCUT2D eigenvalue weighted by Gasteiger charge is 2.38. The number of carbonyl (C=O) groups excluding carboxylic acids is 1. The summed E-state index contributed by atoms with van der Waals surface area (Å²) in [7, 11) is -4.61. The van der Waals surface area contributed by atoms with Crippen LogP contribution in [0.4, 0.5) is 10.5 Å². The molecular formula is C17H26N2O7S. The summed E-state index contributed by atoms with van der Waals surface area (Å²) in [6, 6.07) is 4.72. The molecule has 1 atom stereocenters. The van der Waals surface area contributed by atoms with Crippen LogP contribution >= 0.6 is 0 Å². The lowest BCUT2D eigenvalue weighted by Crippen LogP contribution is -2.44. The Morgan fingerprint density at radius 3 is 2.44 bits per heavy atom. The Bertz CT molecular complexity index is 772. The van der Waals surface area contributed by atoms with Crippen LogP contribution < -0.4 is 0 Å². The van der Waals surface area contributed by atoms with Gasteiger partial charge in [0.15, 0.2) is 4.90 Å². The van der Waals surface area contributed by atoms with Crippen LogP contribution in [0.3, 0.4) is 0 Å². The van der Waals surface area contributed by atoms with Gasteiger partial charge in [-0.3, -0.25) is 10.1 Å². The average molecular weight is 402 g/mol. The van der Waals surface area contributed by atoms with Crippen molar-refractivity contribution >= 4 is 21.8 Å². The molecule has 1 N–H and O–H groups in total. The predicted molar refractivity (Wildman–Crippen MR) is 98.8 cm³/mol. The van der Waals surface area contributed by atoms with Gasteiger partial charge in [0.25, 0.3) is 15.7 Å². The van der Waals surface area contributed by atoms with Crippen LogP contribution in [-0.2, 0) is 14.8 Å². The maximum absolute atomic E-state index is 13.0. The van der Waals surface area contributed by atoms with E-state index in [1.54, 1.807) is 20.8 Å². The molecule has 0 aliphatic rings. The lowest BCUT2D eigenvalue weighted by molar-refractivity contribution is -0.387. The van der Waals surface area contributed by atoms with E-state index in [0.717, 1.165) is 18.6 Å². The SMILES string of the molecule is CCCC[C@H](O)CN(C(=O)OC(C)(C)C)S(=O)(=O)c1ccccc1[N+](=O)[O-]. The van der Waals surface area contributed by atoms with Crippen molar-refractivity contribution in [2.24, 2.45) is 0 Å². The summed E-state index contributed by atoms with van der Waals surface area (Å²) in [5, 5.41) is 21.3. The first kappa shape index (κ1) is 22.8. The van der Waals surface area contributed by atoms with E-state index in [-0.39, 0.29) is 6.42 Å². The number of hydrogen-bond donors (Lipinski definition) is 1. The highest BCUT2D eigenvalue weighted by atomic mass is 32.2. The Labute approximate surface area is 159 Å². The summed E-state index contributed by atoms with van der Waals surface area (Å²) in [6.07, 6.45) is -0.622. The topological polar surface area (TPSA) is 127 Å². The summed E-state index contributed by atoms with van der Waals surface area (Å²) in [5.41, 5.74) is -1.64. The van der Waals surface area contributed by atoms with Crippen molar-refractivity contribution in [3.63, 3.8) is 0 Å². The summed E-state index contributed by atoms with van der Waals surface area (Å²) < 4.78 is 31.5. The lowest BCUT2D eigenvalue weighted by Gasteiger charge is -2.28. The van der Waals surface area contributed by atoms with Crippen molar-refractivity contribution in [1.82, 2.24) is 4.31 Å². The number of amides is 1. The second-order valence-corrected chi connectivity index (χ2v) is 8.87. The van der Waals surface area contributed by atoms with Gasteiger partial charge in [-0.2, -0.15) is 4.31 Å².